The van der Waals surface area contributed by atoms with Gasteiger partial charge < -0.3 is 5.73 Å². The van der Waals surface area contributed by atoms with Crippen molar-refractivity contribution in [1.82, 2.24) is 15.0 Å². The summed E-state index contributed by atoms with van der Waals surface area (Å²) in [4.78, 5) is 11.5. The summed E-state index contributed by atoms with van der Waals surface area (Å²) < 4.78 is 22.4. The van der Waals surface area contributed by atoms with Gasteiger partial charge in [-0.15, -0.1) is 0 Å². The Morgan fingerprint density at radius 2 is 2.00 bits per heavy atom. The number of nitrogen functional groups attached to an aromatic ring is 1. The molecule has 0 fully saturated rings. The second-order valence-electron chi connectivity index (χ2n) is 3.07. The maximum Gasteiger partial charge on any atom is 0.248 e. The molecule has 0 bridgehead atoms. The number of anilines is 1. The molecule has 2 aromatic rings. The van der Waals surface area contributed by atoms with Gasteiger partial charge >= 0.3 is 0 Å². The Hall–Kier alpha value is -1.76. The Balaban J connectivity index is 2.75. The first-order chi connectivity index (χ1) is 6.97. The standard InChI is InChI=1S/C8H8N4O2S/c1-15(13,14)8-10-4-5-2-3-6(9)11-7(5)12-8/h2-4H,1H3,(H2,9,10,11,12). The number of nitrogens with zero attached hydrogens (tertiary/aromatic N) is 3. The predicted molar refractivity (Wildman–Crippen MR) is 54.9 cm³/mol. The number of sulfone groups is 1. The molecule has 0 saturated heterocycles. The number of rotatable bonds is 1. The molecule has 0 radical (unpaired) electrons. The van der Waals surface area contributed by atoms with Gasteiger partial charge in [-0.2, -0.15) is 4.98 Å². The van der Waals surface area contributed by atoms with E-state index in [4.69, 9.17) is 5.73 Å². The zero-order chi connectivity index (χ0) is 11.1. The summed E-state index contributed by atoms with van der Waals surface area (Å²) in [5, 5.41) is 0.407. The maximum atomic E-state index is 11.2. The average molecular weight is 224 g/mol. The summed E-state index contributed by atoms with van der Waals surface area (Å²) >= 11 is 0. The van der Waals surface area contributed by atoms with Gasteiger partial charge in [0.2, 0.25) is 15.0 Å². The largest absolute Gasteiger partial charge is 0.384 e. The molecule has 2 aromatic heterocycles. The third kappa shape index (κ3) is 1.86. The molecule has 2 rings (SSSR count). The molecule has 2 heterocycles. The fourth-order valence-corrected chi connectivity index (χ4v) is 1.58. The van der Waals surface area contributed by atoms with Crippen LogP contribution in [0.2, 0.25) is 0 Å². The zero-order valence-electron chi connectivity index (χ0n) is 7.88. The lowest BCUT2D eigenvalue weighted by molar-refractivity contribution is 0.593. The van der Waals surface area contributed by atoms with Crippen LogP contribution in [0.5, 0.6) is 0 Å². The molecule has 6 nitrogen and oxygen atoms in total. The second kappa shape index (κ2) is 3.13. The number of hydrogen-bond donors (Lipinski definition) is 1. The number of fused-ring (bicyclic) bond motifs is 1. The summed E-state index contributed by atoms with van der Waals surface area (Å²) in [6.07, 6.45) is 2.45. The summed E-state index contributed by atoms with van der Waals surface area (Å²) in [6.45, 7) is 0. The Morgan fingerprint density at radius 1 is 1.27 bits per heavy atom. The van der Waals surface area contributed by atoms with Crippen LogP contribution in [0.4, 0.5) is 5.82 Å². The van der Waals surface area contributed by atoms with Crippen molar-refractivity contribution in [2.45, 2.75) is 5.16 Å². The van der Waals surface area contributed by atoms with Gasteiger partial charge in [0.15, 0.2) is 5.65 Å². The van der Waals surface area contributed by atoms with Gasteiger partial charge in [-0.05, 0) is 12.1 Å². The van der Waals surface area contributed by atoms with E-state index in [2.05, 4.69) is 15.0 Å². The maximum absolute atomic E-state index is 11.2. The SMILES string of the molecule is CS(=O)(=O)c1ncc2ccc(N)nc2n1. The summed E-state index contributed by atoms with van der Waals surface area (Å²) in [6, 6.07) is 3.29. The number of aromatic nitrogens is 3. The van der Waals surface area contributed by atoms with Gasteiger partial charge in [0.1, 0.15) is 5.82 Å². The van der Waals surface area contributed by atoms with Crippen molar-refractivity contribution >= 4 is 26.7 Å². The fourth-order valence-electron chi connectivity index (χ4n) is 1.09. The van der Waals surface area contributed by atoms with E-state index < -0.39 is 9.84 Å². The minimum absolute atomic E-state index is 0.242. The van der Waals surface area contributed by atoms with E-state index in [9.17, 15) is 8.42 Å². The van der Waals surface area contributed by atoms with Gasteiger partial charge in [0.05, 0.1) is 0 Å². The number of pyridine rings is 1. The van der Waals surface area contributed by atoms with Crippen LogP contribution in [0, 0.1) is 0 Å². The van der Waals surface area contributed by atoms with E-state index in [1.807, 2.05) is 0 Å². The molecule has 0 amide bonds. The van der Waals surface area contributed by atoms with E-state index in [-0.39, 0.29) is 10.8 Å². The van der Waals surface area contributed by atoms with Gasteiger partial charge in [-0.1, -0.05) is 0 Å². The van der Waals surface area contributed by atoms with E-state index >= 15 is 0 Å². The highest BCUT2D eigenvalue weighted by atomic mass is 32.2. The van der Waals surface area contributed by atoms with E-state index in [0.717, 1.165) is 6.26 Å². The third-order valence-corrected chi connectivity index (χ3v) is 2.63. The van der Waals surface area contributed by atoms with Crippen LogP contribution in [0.3, 0.4) is 0 Å². The molecular weight excluding hydrogens is 216 g/mol. The van der Waals surface area contributed by atoms with Crippen molar-refractivity contribution in [3.8, 4) is 0 Å². The van der Waals surface area contributed by atoms with Gasteiger partial charge in [-0.25, -0.2) is 18.4 Å². The normalized spacial score (nSPS) is 11.8. The van der Waals surface area contributed by atoms with Crippen LogP contribution in [-0.2, 0) is 9.84 Å². The lowest BCUT2D eigenvalue weighted by Crippen LogP contribution is -2.04. The highest BCUT2D eigenvalue weighted by molar-refractivity contribution is 7.90. The first-order valence-electron chi connectivity index (χ1n) is 4.06. The molecule has 0 spiro atoms. The Kier molecular flexibility index (Phi) is 2.04. The topological polar surface area (TPSA) is 98.8 Å². The van der Waals surface area contributed by atoms with Crippen LogP contribution in [0.15, 0.2) is 23.5 Å². The van der Waals surface area contributed by atoms with Gasteiger partial charge in [0.25, 0.3) is 0 Å². The van der Waals surface area contributed by atoms with E-state index in [1.54, 1.807) is 12.1 Å². The zero-order valence-corrected chi connectivity index (χ0v) is 8.69. The molecule has 78 valence electrons. The van der Waals surface area contributed by atoms with Crippen molar-refractivity contribution in [2.24, 2.45) is 0 Å². The number of hydrogen-bond acceptors (Lipinski definition) is 6. The minimum Gasteiger partial charge on any atom is -0.384 e. The Labute approximate surface area is 86.1 Å². The van der Waals surface area contributed by atoms with Crippen LogP contribution >= 0.6 is 0 Å². The summed E-state index contributed by atoms with van der Waals surface area (Å²) in [7, 11) is -3.41. The first kappa shape index (κ1) is 9.78. The lowest BCUT2D eigenvalue weighted by atomic mass is 10.3. The molecule has 0 aliphatic carbocycles. The monoisotopic (exact) mass is 224 g/mol. The van der Waals surface area contributed by atoms with Crippen molar-refractivity contribution in [2.75, 3.05) is 12.0 Å². The smallest absolute Gasteiger partial charge is 0.248 e. The summed E-state index contributed by atoms with van der Waals surface area (Å²) in [5.74, 6) is 0.292. The van der Waals surface area contributed by atoms with Crippen molar-refractivity contribution < 1.29 is 8.42 Å². The lowest BCUT2D eigenvalue weighted by Gasteiger charge is -1.99. The van der Waals surface area contributed by atoms with Gasteiger partial charge in [0, 0.05) is 17.8 Å². The molecule has 15 heavy (non-hydrogen) atoms. The molecular formula is C8H8N4O2S. The first-order valence-corrected chi connectivity index (χ1v) is 5.95. The highest BCUT2D eigenvalue weighted by Gasteiger charge is 2.11. The molecule has 0 aromatic carbocycles. The average Bonchev–Trinajstić information content (AvgIpc) is 2.15. The Morgan fingerprint density at radius 3 is 2.67 bits per heavy atom. The predicted octanol–water partition coefficient (Wildman–Crippen LogP) is 0.0105. The van der Waals surface area contributed by atoms with Crippen molar-refractivity contribution in [3.63, 3.8) is 0 Å². The van der Waals surface area contributed by atoms with Crippen molar-refractivity contribution in [1.29, 1.82) is 0 Å². The van der Waals surface area contributed by atoms with Crippen LogP contribution in [-0.4, -0.2) is 29.6 Å². The highest BCUT2D eigenvalue weighted by Crippen LogP contribution is 2.12. The third-order valence-electron chi connectivity index (χ3n) is 1.77. The van der Waals surface area contributed by atoms with E-state index in [1.165, 1.54) is 6.20 Å². The Bertz CT molecular complexity index is 624. The minimum atomic E-state index is -3.41. The molecule has 0 unspecified atom stereocenters. The molecule has 0 aliphatic heterocycles. The molecule has 7 heteroatoms. The molecule has 0 saturated carbocycles. The van der Waals surface area contributed by atoms with E-state index in [0.29, 0.717) is 11.2 Å². The quantitative estimate of drug-likeness (QED) is 0.685. The van der Waals surface area contributed by atoms with Gasteiger partial charge in [-0.3, -0.25) is 0 Å². The molecule has 2 N–H and O–H groups in total. The van der Waals surface area contributed by atoms with Crippen molar-refractivity contribution in [3.05, 3.63) is 18.3 Å². The molecule has 0 atom stereocenters. The summed E-state index contributed by atoms with van der Waals surface area (Å²) in [5.41, 5.74) is 5.74. The molecule has 0 aliphatic rings. The fraction of sp³-hybridized carbons (Fsp3) is 0.125. The number of nitrogens with two attached hydrogens (primary N) is 1. The van der Waals surface area contributed by atoms with Crippen LogP contribution in [0.25, 0.3) is 11.0 Å². The second-order valence-corrected chi connectivity index (χ2v) is 4.98. The van der Waals surface area contributed by atoms with Crippen LogP contribution in [0.1, 0.15) is 0 Å². The van der Waals surface area contributed by atoms with Crippen LogP contribution < -0.4 is 5.73 Å².